The van der Waals surface area contributed by atoms with E-state index in [0.717, 1.165) is 6.42 Å². The Morgan fingerprint density at radius 1 is 1.44 bits per heavy atom. The van der Waals surface area contributed by atoms with Crippen molar-refractivity contribution in [1.29, 1.82) is 0 Å². The molecular formula is C9H14Cl2N2O3. The molecule has 0 atom stereocenters. The number of carboxylic acids is 1. The lowest BCUT2D eigenvalue weighted by atomic mass is 10.3. The molecule has 3 N–H and O–H groups in total. The number of aromatic nitrogens is 1. The fraction of sp³-hybridized carbons (Fsp3) is 0.333. The molecule has 0 aliphatic carbocycles. The molecule has 16 heavy (non-hydrogen) atoms. The molecule has 0 radical (unpaired) electrons. The predicted octanol–water partition coefficient (Wildman–Crippen LogP) is 1.35. The first-order valence-corrected chi connectivity index (χ1v) is 4.27. The summed E-state index contributed by atoms with van der Waals surface area (Å²) in [6.07, 6.45) is 0.721. The van der Waals surface area contributed by atoms with Gasteiger partial charge in [0.25, 0.3) is 0 Å². The first kappa shape index (κ1) is 17.4. The Balaban J connectivity index is 0. The third kappa shape index (κ3) is 5.75. The normalized spacial score (nSPS) is 8.56. The highest BCUT2D eigenvalue weighted by Crippen LogP contribution is 2.07. The summed E-state index contributed by atoms with van der Waals surface area (Å²) in [6.45, 7) is 0.991. The third-order valence-electron chi connectivity index (χ3n) is 1.54. The average Bonchev–Trinajstić information content (AvgIpc) is 2.19. The Morgan fingerprint density at radius 3 is 2.69 bits per heavy atom. The molecule has 0 bridgehead atoms. The van der Waals surface area contributed by atoms with Crippen LogP contribution in [0.2, 0.25) is 0 Å². The topological polar surface area (TPSA) is 85.4 Å². The summed E-state index contributed by atoms with van der Waals surface area (Å²) in [6, 6.07) is 4.62. The molecule has 7 heteroatoms. The number of rotatable bonds is 5. The van der Waals surface area contributed by atoms with Crippen molar-refractivity contribution in [2.75, 3.05) is 13.2 Å². The van der Waals surface area contributed by atoms with Gasteiger partial charge < -0.3 is 15.6 Å². The third-order valence-corrected chi connectivity index (χ3v) is 1.54. The molecule has 5 nitrogen and oxygen atoms in total. The van der Waals surface area contributed by atoms with Crippen molar-refractivity contribution < 1.29 is 14.6 Å². The van der Waals surface area contributed by atoms with E-state index in [9.17, 15) is 4.79 Å². The fourth-order valence-corrected chi connectivity index (χ4v) is 0.874. The summed E-state index contributed by atoms with van der Waals surface area (Å²) in [7, 11) is 0. The van der Waals surface area contributed by atoms with Crippen molar-refractivity contribution in [2.24, 2.45) is 5.73 Å². The number of carbonyl (C=O) groups is 1. The highest BCUT2D eigenvalue weighted by Gasteiger charge is 2.04. The summed E-state index contributed by atoms with van der Waals surface area (Å²) < 4.78 is 5.18. The first-order chi connectivity index (χ1) is 6.74. The lowest BCUT2D eigenvalue weighted by Crippen LogP contribution is -2.08. The van der Waals surface area contributed by atoms with E-state index >= 15 is 0 Å². The van der Waals surface area contributed by atoms with E-state index in [1.165, 1.54) is 6.07 Å². The van der Waals surface area contributed by atoms with Crippen LogP contribution in [0.4, 0.5) is 0 Å². The molecule has 1 aromatic rings. The van der Waals surface area contributed by atoms with Gasteiger partial charge in [-0.3, -0.25) is 0 Å². The second kappa shape index (κ2) is 9.21. The molecule has 1 heterocycles. The minimum atomic E-state index is -1.06. The van der Waals surface area contributed by atoms with Gasteiger partial charge >= 0.3 is 5.97 Å². The Hall–Kier alpha value is -1.04. The van der Waals surface area contributed by atoms with E-state index < -0.39 is 5.97 Å². The largest absolute Gasteiger partial charge is 0.478 e. The van der Waals surface area contributed by atoms with Gasteiger partial charge in [-0.1, -0.05) is 6.07 Å². The molecular weight excluding hydrogens is 255 g/mol. The molecule has 0 saturated heterocycles. The van der Waals surface area contributed by atoms with E-state index in [4.69, 9.17) is 15.6 Å². The minimum absolute atomic E-state index is 0. The maximum atomic E-state index is 10.5. The molecule has 0 saturated carbocycles. The Labute approximate surface area is 106 Å². The maximum absolute atomic E-state index is 10.5. The zero-order valence-electron chi connectivity index (χ0n) is 8.46. The van der Waals surface area contributed by atoms with Gasteiger partial charge in [-0.05, 0) is 19.0 Å². The number of hydrogen-bond donors (Lipinski definition) is 2. The zero-order valence-corrected chi connectivity index (χ0v) is 10.1. The number of pyridine rings is 1. The van der Waals surface area contributed by atoms with E-state index in [-0.39, 0.29) is 30.5 Å². The summed E-state index contributed by atoms with van der Waals surface area (Å²) in [5.74, 6) is -0.743. The summed E-state index contributed by atoms with van der Waals surface area (Å²) in [5.41, 5.74) is 5.26. The highest BCUT2D eigenvalue weighted by atomic mass is 35.5. The van der Waals surface area contributed by atoms with Crippen LogP contribution in [-0.4, -0.2) is 29.2 Å². The van der Waals surface area contributed by atoms with Crippen molar-refractivity contribution in [1.82, 2.24) is 4.98 Å². The van der Waals surface area contributed by atoms with Crippen LogP contribution in [0.3, 0.4) is 0 Å². The highest BCUT2D eigenvalue weighted by molar-refractivity contribution is 5.86. The fourth-order valence-electron chi connectivity index (χ4n) is 0.874. The maximum Gasteiger partial charge on any atom is 0.354 e. The Kier molecular flexibility index (Phi) is 9.99. The number of carboxylic acid groups (broad SMARTS) is 1. The standard InChI is InChI=1S/C9H12N2O3.2ClH/c10-5-2-6-14-8-4-1-3-7(11-8)9(12)13;;/h1,3-4H,2,5-6,10H2,(H,12,13);2*1H. The van der Waals surface area contributed by atoms with Gasteiger partial charge in [0.2, 0.25) is 5.88 Å². The van der Waals surface area contributed by atoms with Crippen LogP contribution in [0.15, 0.2) is 18.2 Å². The van der Waals surface area contributed by atoms with Crippen LogP contribution in [0.25, 0.3) is 0 Å². The van der Waals surface area contributed by atoms with Gasteiger partial charge in [0, 0.05) is 6.07 Å². The summed E-state index contributed by atoms with van der Waals surface area (Å²) >= 11 is 0. The molecule has 0 spiro atoms. The number of halogens is 2. The summed E-state index contributed by atoms with van der Waals surface area (Å²) in [4.78, 5) is 14.3. The van der Waals surface area contributed by atoms with Gasteiger partial charge in [-0.2, -0.15) is 0 Å². The van der Waals surface area contributed by atoms with E-state index in [2.05, 4.69) is 4.98 Å². The number of aromatic carboxylic acids is 1. The van der Waals surface area contributed by atoms with Crippen LogP contribution in [0, 0.1) is 0 Å². The number of hydrogen-bond acceptors (Lipinski definition) is 4. The van der Waals surface area contributed by atoms with Gasteiger partial charge in [0.05, 0.1) is 6.61 Å². The van der Waals surface area contributed by atoms with Crippen LogP contribution in [-0.2, 0) is 0 Å². The second-order valence-corrected chi connectivity index (χ2v) is 2.66. The first-order valence-electron chi connectivity index (χ1n) is 4.27. The molecule has 0 aliphatic rings. The number of ether oxygens (including phenoxy) is 1. The van der Waals surface area contributed by atoms with Crippen molar-refractivity contribution in [3.8, 4) is 5.88 Å². The smallest absolute Gasteiger partial charge is 0.354 e. The monoisotopic (exact) mass is 268 g/mol. The SMILES string of the molecule is Cl.Cl.NCCCOc1cccc(C(=O)O)n1. The van der Waals surface area contributed by atoms with Gasteiger partial charge in [-0.25, -0.2) is 9.78 Å². The molecule has 0 amide bonds. The van der Waals surface area contributed by atoms with Crippen LogP contribution in [0.5, 0.6) is 5.88 Å². The van der Waals surface area contributed by atoms with Crippen molar-refractivity contribution >= 4 is 30.8 Å². The minimum Gasteiger partial charge on any atom is -0.478 e. The molecule has 0 fully saturated rings. The zero-order chi connectivity index (χ0) is 10.4. The molecule has 92 valence electrons. The van der Waals surface area contributed by atoms with Gasteiger partial charge in [-0.15, -0.1) is 24.8 Å². The van der Waals surface area contributed by atoms with Crippen molar-refractivity contribution in [3.05, 3.63) is 23.9 Å². The summed E-state index contributed by atoms with van der Waals surface area (Å²) in [5, 5.41) is 8.64. The van der Waals surface area contributed by atoms with Gasteiger partial charge in [0.1, 0.15) is 0 Å². The van der Waals surface area contributed by atoms with E-state index in [1.807, 2.05) is 0 Å². The molecule has 1 aromatic heterocycles. The van der Waals surface area contributed by atoms with Crippen LogP contribution in [0.1, 0.15) is 16.9 Å². The van der Waals surface area contributed by atoms with Gasteiger partial charge in [0.15, 0.2) is 5.69 Å². The average molecular weight is 269 g/mol. The Morgan fingerprint density at radius 2 is 2.12 bits per heavy atom. The lowest BCUT2D eigenvalue weighted by molar-refractivity contribution is 0.0689. The second-order valence-electron chi connectivity index (χ2n) is 2.66. The number of nitrogens with zero attached hydrogens (tertiary/aromatic N) is 1. The quantitative estimate of drug-likeness (QED) is 0.788. The molecule has 0 unspecified atom stereocenters. The predicted molar refractivity (Wildman–Crippen MR) is 64.9 cm³/mol. The van der Waals surface area contributed by atoms with Crippen LogP contribution < -0.4 is 10.5 Å². The van der Waals surface area contributed by atoms with E-state index in [1.54, 1.807) is 12.1 Å². The number of nitrogens with two attached hydrogens (primary N) is 1. The molecule has 0 aromatic carbocycles. The molecule has 0 aliphatic heterocycles. The lowest BCUT2D eigenvalue weighted by Gasteiger charge is -2.03. The van der Waals surface area contributed by atoms with Crippen LogP contribution >= 0.6 is 24.8 Å². The van der Waals surface area contributed by atoms with Crippen molar-refractivity contribution in [3.63, 3.8) is 0 Å². The molecule has 1 rings (SSSR count). The van der Waals surface area contributed by atoms with Crippen molar-refractivity contribution in [2.45, 2.75) is 6.42 Å². The Bertz CT molecular complexity index is 323. The van der Waals surface area contributed by atoms with E-state index in [0.29, 0.717) is 19.0 Å².